The molecular formula is C9H19NO4S. The van der Waals surface area contributed by atoms with Crippen LogP contribution in [0.1, 0.15) is 27.7 Å². The molecule has 0 aromatic heterocycles. The molecule has 0 aliphatic rings. The van der Waals surface area contributed by atoms with Crippen LogP contribution in [0.15, 0.2) is 0 Å². The van der Waals surface area contributed by atoms with E-state index in [2.05, 4.69) is 0 Å². The molecule has 1 unspecified atom stereocenters. The van der Waals surface area contributed by atoms with Crippen molar-refractivity contribution in [3.05, 3.63) is 0 Å². The van der Waals surface area contributed by atoms with Gasteiger partial charge in [0.05, 0.1) is 0 Å². The summed E-state index contributed by atoms with van der Waals surface area (Å²) < 4.78 is 24.8. The van der Waals surface area contributed by atoms with Gasteiger partial charge in [-0.1, -0.05) is 20.8 Å². The molecule has 0 bridgehead atoms. The Balaban J connectivity index is 4.89. The van der Waals surface area contributed by atoms with Crippen LogP contribution in [0, 0.1) is 5.92 Å². The van der Waals surface area contributed by atoms with Crippen molar-refractivity contribution in [2.75, 3.05) is 13.1 Å². The lowest BCUT2D eigenvalue weighted by molar-refractivity contribution is -0.136. The van der Waals surface area contributed by atoms with Crippen LogP contribution in [-0.2, 0) is 14.8 Å². The summed E-state index contributed by atoms with van der Waals surface area (Å²) in [6.07, 6.45) is 0. The Labute approximate surface area is 91.1 Å². The molecule has 0 radical (unpaired) electrons. The van der Waals surface area contributed by atoms with E-state index in [1.54, 1.807) is 6.92 Å². The van der Waals surface area contributed by atoms with Gasteiger partial charge in [0.15, 0.2) is 5.25 Å². The van der Waals surface area contributed by atoms with Crippen LogP contribution < -0.4 is 0 Å². The normalized spacial score (nSPS) is 14.5. The first-order valence-corrected chi connectivity index (χ1v) is 6.45. The Morgan fingerprint density at radius 3 is 2.07 bits per heavy atom. The highest BCUT2D eigenvalue weighted by atomic mass is 32.2. The smallest absolute Gasteiger partial charge is 0.323 e. The molecular weight excluding hydrogens is 218 g/mol. The number of hydrogen-bond donors (Lipinski definition) is 1. The van der Waals surface area contributed by atoms with Gasteiger partial charge in [0.2, 0.25) is 10.0 Å². The molecule has 6 heteroatoms. The quantitative estimate of drug-likeness (QED) is 0.740. The second-order valence-electron chi connectivity index (χ2n) is 3.87. The average Bonchev–Trinajstić information content (AvgIpc) is 2.11. The van der Waals surface area contributed by atoms with Crippen molar-refractivity contribution in [3.8, 4) is 0 Å². The van der Waals surface area contributed by atoms with E-state index in [0.717, 1.165) is 0 Å². The lowest BCUT2D eigenvalue weighted by atomic mass is 10.2. The first-order chi connectivity index (χ1) is 6.73. The Morgan fingerprint density at radius 2 is 1.80 bits per heavy atom. The molecule has 0 aromatic rings. The molecule has 0 amide bonds. The summed E-state index contributed by atoms with van der Waals surface area (Å²) >= 11 is 0. The van der Waals surface area contributed by atoms with Gasteiger partial charge in [-0.2, -0.15) is 0 Å². The highest BCUT2D eigenvalue weighted by Gasteiger charge is 2.32. The highest BCUT2D eigenvalue weighted by Crippen LogP contribution is 2.11. The number of carbonyl (C=O) groups is 1. The van der Waals surface area contributed by atoms with Gasteiger partial charge in [0, 0.05) is 13.1 Å². The SMILES string of the molecule is CCN(CC(C)C)S(=O)(=O)C(C)C(=O)O. The van der Waals surface area contributed by atoms with Crippen LogP contribution in [0.25, 0.3) is 0 Å². The van der Waals surface area contributed by atoms with Gasteiger partial charge >= 0.3 is 5.97 Å². The molecule has 0 aliphatic heterocycles. The van der Waals surface area contributed by atoms with Crippen molar-refractivity contribution in [2.45, 2.75) is 32.9 Å². The van der Waals surface area contributed by atoms with E-state index in [1.807, 2.05) is 13.8 Å². The van der Waals surface area contributed by atoms with E-state index in [4.69, 9.17) is 5.11 Å². The van der Waals surface area contributed by atoms with Crippen molar-refractivity contribution in [3.63, 3.8) is 0 Å². The second-order valence-corrected chi connectivity index (χ2v) is 6.12. The van der Waals surface area contributed by atoms with Crippen LogP contribution in [0.2, 0.25) is 0 Å². The third-order valence-corrected chi connectivity index (χ3v) is 4.30. The molecule has 0 saturated heterocycles. The number of nitrogens with zero attached hydrogens (tertiary/aromatic N) is 1. The van der Waals surface area contributed by atoms with E-state index in [-0.39, 0.29) is 5.92 Å². The molecule has 1 atom stereocenters. The average molecular weight is 237 g/mol. The Hall–Kier alpha value is -0.620. The molecule has 90 valence electrons. The van der Waals surface area contributed by atoms with Crippen LogP contribution in [-0.4, -0.2) is 42.1 Å². The summed E-state index contributed by atoms with van der Waals surface area (Å²) in [6, 6.07) is 0. The standard InChI is InChI=1S/C9H19NO4S/c1-5-10(6-7(2)3)15(13,14)8(4)9(11)12/h7-8H,5-6H2,1-4H3,(H,11,12). The third kappa shape index (κ3) is 3.79. The molecule has 15 heavy (non-hydrogen) atoms. The van der Waals surface area contributed by atoms with Crippen LogP contribution in [0.4, 0.5) is 0 Å². The summed E-state index contributed by atoms with van der Waals surface area (Å²) in [6.45, 7) is 7.34. The minimum absolute atomic E-state index is 0.181. The fourth-order valence-corrected chi connectivity index (χ4v) is 2.74. The molecule has 0 spiro atoms. The van der Waals surface area contributed by atoms with Crippen LogP contribution in [0.5, 0.6) is 0 Å². The number of rotatable bonds is 6. The van der Waals surface area contributed by atoms with E-state index in [1.165, 1.54) is 11.2 Å². The number of carboxylic acid groups (broad SMARTS) is 1. The molecule has 0 heterocycles. The highest BCUT2D eigenvalue weighted by molar-refractivity contribution is 7.90. The molecule has 5 nitrogen and oxygen atoms in total. The van der Waals surface area contributed by atoms with E-state index in [0.29, 0.717) is 13.1 Å². The maximum atomic E-state index is 11.8. The number of hydrogen-bond acceptors (Lipinski definition) is 3. The van der Waals surface area contributed by atoms with Gasteiger partial charge in [0.1, 0.15) is 0 Å². The predicted octanol–water partition coefficient (Wildman–Crippen LogP) is 0.767. The summed E-state index contributed by atoms with van der Waals surface area (Å²) in [4.78, 5) is 10.6. The molecule has 0 saturated carbocycles. The Morgan fingerprint density at radius 1 is 1.33 bits per heavy atom. The maximum absolute atomic E-state index is 11.8. The van der Waals surface area contributed by atoms with Crippen molar-refractivity contribution in [2.24, 2.45) is 5.92 Å². The zero-order valence-corrected chi connectivity index (χ0v) is 10.4. The van der Waals surface area contributed by atoms with Crippen molar-refractivity contribution >= 4 is 16.0 Å². The maximum Gasteiger partial charge on any atom is 0.323 e. The summed E-state index contributed by atoms with van der Waals surface area (Å²) in [7, 11) is -3.71. The summed E-state index contributed by atoms with van der Waals surface area (Å²) in [5.41, 5.74) is 0. The number of sulfonamides is 1. The zero-order valence-electron chi connectivity index (χ0n) is 9.60. The molecule has 1 N–H and O–H groups in total. The van der Waals surface area contributed by atoms with Crippen LogP contribution in [0.3, 0.4) is 0 Å². The number of carboxylic acids is 1. The Kier molecular flexibility index (Phi) is 5.23. The first-order valence-electron chi connectivity index (χ1n) is 4.95. The lowest BCUT2D eigenvalue weighted by Gasteiger charge is -2.24. The number of aliphatic carboxylic acids is 1. The van der Waals surface area contributed by atoms with Crippen LogP contribution >= 0.6 is 0 Å². The minimum Gasteiger partial charge on any atom is -0.480 e. The summed E-state index contributed by atoms with van der Waals surface area (Å²) in [5, 5.41) is 7.31. The van der Waals surface area contributed by atoms with E-state index >= 15 is 0 Å². The van der Waals surface area contributed by atoms with Crippen molar-refractivity contribution < 1.29 is 18.3 Å². The third-order valence-electron chi connectivity index (χ3n) is 2.08. The zero-order chi connectivity index (χ0) is 12.2. The van der Waals surface area contributed by atoms with E-state index in [9.17, 15) is 13.2 Å². The van der Waals surface area contributed by atoms with E-state index < -0.39 is 21.2 Å². The van der Waals surface area contributed by atoms with Crippen molar-refractivity contribution in [1.29, 1.82) is 0 Å². The van der Waals surface area contributed by atoms with Gasteiger partial charge in [-0.25, -0.2) is 12.7 Å². The predicted molar refractivity (Wildman–Crippen MR) is 58.1 cm³/mol. The fraction of sp³-hybridized carbons (Fsp3) is 0.889. The largest absolute Gasteiger partial charge is 0.480 e. The van der Waals surface area contributed by atoms with Gasteiger partial charge in [0.25, 0.3) is 0 Å². The first kappa shape index (κ1) is 14.4. The summed E-state index contributed by atoms with van der Waals surface area (Å²) in [5.74, 6) is -1.13. The van der Waals surface area contributed by atoms with Gasteiger partial charge < -0.3 is 5.11 Å². The molecule has 0 aromatic carbocycles. The monoisotopic (exact) mass is 237 g/mol. The molecule has 0 rings (SSSR count). The Bertz CT molecular complexity index is 310. The molecule has 0 aliphatic carbocycles. The second kappa shape index (κ2) is 5.46. The topological polar surface area (TPSA) is 74.7 Å². The molecule has 0 fully saturated rings. The van der Waals surface area contributed by atoms with Gasteiger partial charge in [-0.05, 0) is 12.8 Å². The lowest BCUT2D eigenvalue weighted by Crippen LogP contribution is -2.42. The van der Waals surface area contributed by atoms with Crippen molar-refractivity contribution in [1.82, 2.24) is 4.31 Å². The van der Waals surface area contributed by atoms with Gasteiger partial charge in [-0.15, -0.1) is 0 Å². The fourth-order valence-electron chi connectivity index (χ4n) is 1.17. The van der Waals surface area contributed by atoms with Gasteiger partial charge in [-0.3, -0.25) is 4.79 Å². The minimum atomic E-state index is -3.71.